The Balaban J connectivity index is 0.000000631. The van der Waals surface area contributed by atoms with Crippen LogP contribution in [0.1, 0.15) is 314 Å². The van der Waals surface area contributed by atoms with E-state index < -0.39 is 65.8 Å². The van der Waals surface area contributed by atoms with Crippen molar-refractivity contribution in [2.45, 2.75) is 393 Å². The van der Waals surface area contributed by atoms with Crippen molar-refractivity contribution < 1.29 is 94.3 Å². The van der Waals surface area contributed by atoms with E-state index in [4.69, 9.17) is 18.9 Å². The number of carbonyl (C=O) groups is 4. The molecular weight excluding hydrogens is 1490 g/mol. The first kappa shape index (κ1) is 104. The number of ether oxygens (including phenoxy) is 4. The Bertz CT molecular complexity index is 2640. The first-order valence-corrected chi connectivity index (χ1v) is 42.3. The predicted octanol–water partition coefficient (Wildman–Crippen LogP) is 15.3. The summed E-state index contributed by atoms with van der Waals surface area (Å²) in [5.41, 5.74) is -1.44. The van der Waals surface area contributed by atoms with Gasteiger partial charge in [-0.1, -0.05) is 257 Å². The van der Waals surface area contributed by atoms with Crippen LogP contribution >= 0.6 is 22.6 Å². The van der Waals surface area contributed by atoms with E-state index in [1.807, 2.05) is 69.2 Å². The molecule has 0 radical (unpaired) electrons. The van der Waals surface area contributed by atoms with Gasteiger partial charge in [-0.3, -0.25) is 19.2 Å². The summed E-state index contributed by atoms with van der Waals surface area (Å²) in [4.78, 5) is 44.9. The van der Waals surface area contributed by atoms with Crippen molar-refractivity contribution in [1.29, 1.82) is 0 Å². The van der Waals surface area contributed by atoms with E-state index in [9.17, 15) is 75.3 Å². The summed E-state index contributed by atoms with van der Waals surface area (Å²) in [6.45, 7) is 76.0. The number of carbonyl (C=O) groups excluding carboxylic acids is 4. The molecule has 19 nitrogen and oxygen atoms in total. The zero-order valence-corrected chi connectivity index (χ0v) is 77.3. The lowest BCUT2D eigenvalue weighted by Crippen LogP contribution is -2.60. The molecule has 0 heterocycles. The van der Waals surface area contributed by atoms with Gasteiger partial charge in [-0.25, -0.2) is 0 Å². The number of aliphatic hydroxyl groups excluding tert-OH is 11. The molecule has 0 spiro atoms. The number of alkyl halides is 1. The van der Waals surface area contributed by atoms with Crippen LogP contribution in [0.2, 0.25) is 0 Å². The fraction of sp³-hybridized carbons (Fsp3) is 0.955. The Morgan fingerprint density at radius 2 is 0.491 bits per heavy atom. The smallest absolute Gasteiger partial charge is 0.302 e. The Morgan fingerprint density at radius 3 is 0.769 bits per heavy atom. The third-order valence-electron chi connectivity index (χ3n) is 29.2. The molecule has 25 unspecified atom stereocenters. The van der Waals surface area contributed by atoms with Gasteiger partial charge in [0.1, 0.15) is 42.7 Å². The number of hydrogen-bond acceptors (Lipinski definition) is 19. The van der Waals surface area contributed by atoms with Gasteiger partial charge < -0.3 is 75.1 Å². The van der Waals surface area contributed by atoms with E-state index in [0.717, 1.165) is 43.0 Å². The summed E-state index contributed by atoms with van der Waals surface area (Å²) < 4.78 is 23.4. The van der Waals surface area contributed by atoms with Crippen LogP contribution in [0, 0.1) is 123 Å². The van der Waals surface area contributed by atoms with Gasteiger partial charge in [0, 0.05) is 65.8 Å². The van der Waals surface area contributed by atoms with Crippen LogP contribution in [0.5, 0.6) is 0 Å². The minimum Gasteiger partial charge on any atom is -0.462 e. The second-order valence-electron chi connectivity index (χ2n) is 43.4. The quantitative estimate of drug-likeness (QED) is 0.0442. The summed E-state index contributed by atoms with van der Waals surface area (Å²) in [6.07, 6.45) is -0.371. The number of halogens is 1. The van der Waals surface area contributed by atoms with Crippen molar-refractivity contribution in [2.24, 2.45) is 123 Å². The van der Waals surface area contributed by atoms with E-state index in [1.54, 1.807) is 6.92 Å². The van der Waals surface area contributed by atoms with Gasteiger partial charge in [0.2, 0.25) is 0 Å². The van der Waals surface area contributed by atoms with Crippen LogP contribution in [0.15, 0.2) is 0 Å². The highest BCUT2D eigenvalue weighted by Crippen LogP contribution is 2.58. The normalized spacial score (nSPS) is 42.4. The fourth-order valence-corrected chi connectivity index (χ4v) is 23.0. The lowest BCUT2D eigenvalue weighted by molar-refractivity contribution is -0.197. The highest BCUT2D eigenvalue weighted by molar-refractivity contribution is 14.1. The van der Waals surface area contributed by atoms with Gasteiger partial charge >= 0.3 is 23.9 Å². The molecule has 0 aromatic heterocycles. The molecular formula is C88H167IO19. The minimum atomic E-state index is -1.18. The second kappa shape index (κ2) is 38.1. The molecule has 0 aromatic carbocycles. The molecule has 0 aliphatic heterocycles. The average Bonchev–Trinajstić information content (AvgIpc) is 0.785. The minimum absolute atomic E-state index is 0.0472. The summed E-state index contributed by atoms with van der Waals surface area (Å²) >= 11 is 2.49. The maximum absolute atomic E-state index is 11.3. The number of aliphatic hydroxyl groups is 11. The summed E-state index contributed by atoms with van der Waals surface area (Å²) in [6, 6.07) is 0. The third kappa shape index (κ3) is 24.9. The van der Waals surface area contributed by atoms with E-state index in [-0.39, 0.29) is 116 Å². The zero-order chi connectivity index (χ0) is 85.7. The third-order valence-corrected chi connectivity index (χ3v) is 30.9. The fourth-order valence-electron chi connectivity index (χ4n) is 22.0. The SMILES string of the molecule is CC(=O)OC1C(C)C(C)C(C)(C)CC1(C)C.CC(=O)OC1C(C)C(C)C(C)(CI)CC1(C)C.CC(=O)OC1C(C)C(C)C(C)(CO)CC1(C)C.CC1(C)CC(C)(C)C(O)C(O)C1O.CC1(C)CC(C)(CO)C(O)C(O)C1O.CCC1(C)CC(C)(C)C(O)C(O)C1O.CCC1(C)CC(C)(C)C(OC(C)=O)C(C)C1C. The Hall–Kier alpha value is -1.83. The first-order valence-electron chi connectivity index (χ1n) is 40.8. The summed E-state index contributed by atoms with van der Waals surface area (Å²) in [5, 5.41) is 106. The highest BCUT2D eigenvalue weighted by Gasteiger charge is 2.58. The first-order chi connectivity index (χ1) is 48.2. The van der Waals surface area contributed by atoms with E-state index in [2.05, 4.69) is 175 Å². The van der Waals surface area contributed by atoms with Crippen molar-refractivity contribution in [3.8, 4) is 0 Å². The van der Waals surface area contributed by atoms with Gasteiger partial charge in [0.05, 0.1) is 43.2 Å². The average molecular weight is 1660 g/mol. The molecule has 7 aliphatic rings. The van der Waals surface area contributed by atoms with E-state index in [0.29, 0.717) is 70.5 Å². The Kier molecular flexibility index (Phi) is 36.7. The van der Waals surface area contributed by atoms with Crippen LogP contribution in [0.3, 0.4) is 0 Å². The molecule has 25 atom stereocenters. The van der Waals surface area contributed by atoms with Gasteiger partial charge in [0.25, 0.3) is 0 Å². The molecule has 0 amide bonds. The van der Waals surface area contributed by atoms with Gasteiger partial charge in [-0.2, -0.15) is 0 Å². The largest absolute Gasteiger partial charge is 0.462 e. The van der Waals surface area contributed by atoms with Crippen molar-refractivity contribution in [3.05, 3.63) is 0 Å². The molecule has 7 aliphatic carbocycles. The highest BCUT2D eigenvalue weighted by atomic mass is 127. The van der Waals surface area contributed by atoms with Crippen LogP contribution in [-0.2, 0) is 38.1 Å². The molecule has 108 heavy (non-hydrogen) atoms. The topological polar surface area (TPSA) is 328 Å². The maximum Gasteiger partial charge on any atom is 0.302 e. The molecule has 0 bridgehead atoms. The molecule has 20 heteroatoms. The van der Waals surface area contributed by atoms with Crippen molar-refractivity contribution in [1.82, 2.24) is 0 Å². The van der Waals surface area contributed by atoms with Crippen LogP contribution in [0.25, 0.3) is 0 Å². The molecule has 7 saturated carbocycles. The van der Waals surface area contributed by atoms with Crippen molar-refractivity contribution in [3.63, 3.8) is 0 Å². The molecule has 640 valence electrons. The predicted molar refractivity (Wildman–Crippen MR) is 440 cm³/mol. The molecule has 0 aromatic rings. The lowest BCUT2D eigenvalue weighted by Gasteiger charge is -2.54. The summed E-state index contributed by atoms with van der Waals surface area (Å²) in [7, 11) is 0. The Morgan fingerprint density at radius 1 is 0.287 bits per heavy atom. The Labute approximate surface area is 671 Å². The summed E-state index contributed by atoms with van der Waals surface area (Å²) in [5.74, 6) is 2.93. The second-order valence-corrected chi connectivity index (χ2v) is 44.2. The van der Waals surface area contributed by atoms with Crippen LogP contribution in [-0.4, -0.2) is 177 Å². The number of esters is 4. The van der Waals surface area contributed by atoms with Gasteiger partial charge in [-0.15, -0.1) is 0 Å². The standard InChI is InChI=1S/C15H28O2.C14H25IO2.C14H26O3.C14H26O2.C11H22O3.C10H20O4.C10H20O3/c1-8-15(7)9-14(5,6)13(17-12(4)16)10(2)11(15)3;2*1-9-10(2)14(6,8-15)7-13(4,5)12(9)17-11(3)16;1-9-10(2)13(4,5)8-14(6,7)12(9)16-11(3)15;1-5-11(4)6-10(2,3)8(13)7(12)9(11)14;1-9(2)4-10(3,5-11)8(14)6(12)7(9)13;1-9(2)5-10(3,4)8(13)6(11)7(9)12/h10-11,13H,8-9H2,1-7H3;9-10,12H,7-8H2,1-6H3;9-10,12,15H,7-8H2,1-6H3;9-10,12H,8H2,1-7H3;7-9,12-14H,5-6H2,1-4H3;6-8,11-14H,4-5H2,1-3H3;6-8,11-13H,5H2,1-4H3. The van der Waals surface area contributed by atoms with Crippen molar-refractivity contribution in [2.75, 3.05) is 17.6 Å². The van der Waals surface area contributed by atoms with E-state index >= 15 is 0 Å². The van der Waals surface area contributed by atoms with Crippen LogP contribution < -0.4 is 0 Å². The molecule has 7 fully saturated rings. The number of rotatable bonds is 9. The van der Waals surface area contributed by atoms with Gasteiger partial charge in [0.15, 0.2) is 0 Å². The zero-order valence-electron chi connectivity index (χ0n) is 75.2. The maximum atomic E-state index is 11.3. The van der Waals surface area contributed by atoms with Gasteiger partial charge in [-0.05, 0) is 147 Å². The molecule has 0 saturated heterocycles. The van der Waals surface area contributed by atoms with Crippen LogP contribution in [0.4, 0.5) is 0 Å². The lowest BCUT2D eigenvalue weighted by atomic mass is 9.53. The molecule has 11 N–H and O–H groups in total. The van der Waals surface area contributed by atoms with E-state index in [1.165, 1.54) is 34.1 Å². The van der Waals surface area contributed by atoms with Crippen molar-refractivity contribution >= 4 is 46.5 Å². The molecule has 7 rings (SSSR count). The number of hydrogen-bond donors (Lipinski definition) is 11. The monoisotopic (exact) mass is 1660 g/mol.